The third-order valence-electron chi connectivity index (χ3n) is 2.22. The van der Waals surface area contributed by atoms with E-state index in [2.05, 4.69) is 10.1 Å². The van der Waals surface area contributed by atoms with E-state index in [1.54, 1.807) is 11.8 Å². The standard InChI is InChI=1S/C12H15N3OS/c1-8(2)12-14-11(16-15-12)7-17-10-5-3-4-9(13)6-10/h3-6,8H,7,13H2,1-2H3. The van der Waals surface area contributed by atoms with Gasteiger partial charge in [0.2, 0.25) is 5.89 Å². The van der Waals surface area contributed by atoms with Crippen molar-refractivity contribution in [1.29, 1.82) is 0 Å². The first kappa shape index (κ1) is 12.0. The van der Waals surface area contributed by atoms with E-state index in [4.69, 9.17) is 10.3 Å². The van der Waals surface area contributed by atoms with Gasteiger partial charge in [0.1, 0.15) is 0 Å². The summed E-state index contributed by atoms with van der Waals surface area (Å²) in [6.45, 7) is 4.08. The fourth-order valence-corrected chi connectivity index (χ4v) is 2.11. The Kier molecular flexibility index (Phi) is 3.68. The normalized spacial score (nSPS) is 11.0. The van der Waals surface area contributed by atoms with Gasteiger partial charge in [0, 0.05) is 16.5 Å². The van der Waals surface area contributed by atoms with E-state index in [1.807, 2.05) is 38.1 Å². The van der Waals surface area contributed by atoms with Gasteiger partial charge in [-0.05, 0) is 18.2 Å². The average molecular weight is 249 g/mol. The van der Waals surface area contributed by atoms with Crippen LogP contribution >= 0.6 is 11.8 Å². The lowest BCUT2D eigenvalue weighted by atomic mass is 10.2. The summed E-state index contributed by atoms with van der Waals surface area (Å²) in [5.74, 6) is 2.38. The van der Waals surface area contributed by atoms with Gasteiger partial charge in [0.25, 0.3) is 0 Å². The SMILES string of the molecule is CC(C)c1noc(CSc2cccc(N)c2)n1. The summed E-state index contributed by atoms with van der Waals surface area (Å²) in [7, 11) is 0. The molecule has 0 aliphatic carbocycles. The molecule has 4 nitrogen and oxygen atoms in total. The highest BCUT2D eigenvalue weighted by molar-refractivity contribution is 7.98. The zero-order valence-corrected chi connectivity index (χ0v) is 10.7. The highest BCUT2D eigenvalue weighted by Gasteiger charge is 2.09. The molecule has 1 aromatic heterocycles. The topological polar surface area (TPSA) is 64.9 Å². The number of hydrogen-bond acceptors (Lipinski definition) is 5. The molecule has 0 aliphatic heterocycles. The highest BCUT2D eigenvalue weighted by Crippen LogP contribution is 2.24. The molecule has 90 valence electrons. The Labute approximate surface area is 105 Å². The Morgan fingerprint density at radius 2 is 2.24 bits per heavy atom. The Balaban J connectivity index is 1.97. The van der Waals surface area contributed by atoms with E-state index in [0.717, 1.165) is 16.4 Å². The average Bonchev–Trinajstić information content (AvgIpc) is 2.75. The molecule has 2 rings (SSSR count). The molecule has 0 aliphatic rings. The minimum absolute atomic E-state index is 0.296. The second-order valence-electron chi connectivity index (χ2n) is 4.06. The summed E-state index contributed by atoms with van der Waals surface area (Å²) in [6.07, 6.45) is 0. The first-order chi connectivity index (χ1) is 8.15. The van der Waals surface area contributed by atoms with Crippen LogP contribution in [0.5, 0.6) is 0 Å². The Morgan fingerprint density at radius 3 is 2.88 bits per heavy atom. The maximum absolute atomic E-state index is 5.71. The lowest BCUT2D eigenvalue weighted by Crippen LogP contribution is -1.90. The van der Waals surface area contributed by atoms with Crippen LogP contribution in [-0.4, -0.2) is 10.1 Å². The monoisotopic (exact) mass is 249 g/mol. The molecule has 0 saturated heterocycles. The van der Waals surface area contributed by atoms with Crippen molar-refractivity contribution in [3.8, 4) is 0 Å². The van der Waals surface area contributed by atoms with Gasteiger partial charge >= 0.3 is 0 Å². The van der Waals surface area contributed by atoms with Crippen molar-refractivity contribution < 1.29 is 4.52 Å². The van der Waals surface area contributed by atoms with Gasteiger partial charge in [-0.3, -0.25) is 0 Å². The summed E-state index contributed by atoms with van der Waals surface area (Å²) in [5.41, 5.74) is 6.47. The molecule has 2 N–H and O–H groups in total. The highest BCUT2D eigenvalue weighted by atomic mass is 32.2. The number of aromatic nitrogens is 2. The van der Waals surface area contributed by atoms with Crippen LogP contribution in [-0.2, 0) is 5.75 Å². The predicted molar refractivity (Wildman–Crippen MR) is 68.8 cm³/mol. The predicted octanol–water partition coefficient (Wildman–Crippen LogP) is 3.07. The number of benzene rings is 1. The van der Waals surface area contributed by atoms with Crippen LogP contribution in [0.25, 0.3) is 0 Å². The molecule has 0 radical (unpaired) electrons. The molecule has 0 saturated carbocycles. The summed E-state index contributed by atoms with van der Waals surface area (Å²) >= 11 is 1.64. The van der Waals surface area contributed by atoms with Crippen molar-refractivity contribution in [3.05, 3.63) is 36.0 Å². The molecule has 0 amide bonds. The first-order valence-electron chi connectivity index (χ1n) is 5.46. The van der Waals surface area contributed by atoms with Gasteiger partial charge in [-0.15, -0.1) is 11.8 Å². The third-order valence-corrected chi connectivity index (χ3v) is 3.20. The van der Waals surface area contributed by atoms with Gasteiger partial charge in [0.05, 0.1) is 5.75 Å². The van der Waals surface area contributed by atoms with Gasteiger partial charge in [0.15, 0.2) is 5.82 Å². The second kappa shape index (κ2) is 5.23. The summed E-state index contributed by atoms with van der Waals surface area (Å²) < 4.78 is 5.16. The van der Waals surface area contributed by atoms with Crippen molar-refractivity contribution in [2.45, 2.75) is 30.4 Å². The van der Waals surface area contributed by atoms with Crippen molar-refractivity contribution in [2.24, 2.45) is 0 Å². The molecule has 0 bridgehead atoms. The largest absolute Gasteiger partial charge is 0.399 e. The molecule has 17 heavy (non-hydrogen) atoms. The number of nitrogens with two attached hydrogens (primary N) is 1. The molecule has 1 aromatic carbocycles. The van der Waals surface area contributed by atoms with Crippen molar-refractivity contribution >= 4 is 17.4 Å². The maximum atomic E-state index is 5.71. The van der Waals surface area contributed by atoms with E-state index in [0.29, 0.717) is 17.6 Å². The van der Waals surface area contributed by atoms with Crippen LogP contribution in [0.2, 0.25) is 0 Å². The van der Waals surface area contributed by atoms with Gasteiger partial charge < -0.3 is 10.3 Å². The van der Waals surface area contributed by atoms with Crippen molar-refractivity contribution in [2.75, 3.05) is 5.73 Å². The smallest absolute Gasteiger partial charge is 0.237 e. The van der Waals surface area contributed by atoms with Crippen molar-refractivity contribution in [1.82, 2.24) is 10.1 Å². The second-order valence-corrected chi connectivity index (χ2v) is 5.11. The van der Waals surface area contributed by atoms with E-state index in [1.165, 1.54) is 0 Å². The van der Waals surface area contributed by atoms with Crippen LogP contribution in [0.1, 0.15) is 31.5 Å². The minimum Gasteiger partial charge on any atom is -0.399 e. The first-order valence-corrected chi connectivity index (χ1v) is 6.44. The molecule has 0 unspecified atom stereocenters. The lowest BCUT2D eigenvalue weighted by Gasteiger charge is -1.99. The molecular weight excluding hydrogens is 234 g/mol. The third kappa shape index (κ3) is 3.23. The Morgan fingerprint density at radius 1 is 1.41 bits per heavy atom. The molecular formula is C12H15N3OS. The van der Waals surface area contributed by atoms with E-state index < -0.39 is 0 Å². The number of nitrogen functional groups attached to an aromatic ring is 1. The summed E-state index contributed by atoms with van der Waals surface area (Å²) in [5, 5.41) is 3.92. The maximum Gasteiger partial charge on any atom is 0.237 e. The molecule has 0 spiro atoms. The number of rotatable bonds is 4. The van der Waals surface area contributed by atoms with E-state index in [9.17, 15) is 0 Å². The Hall–Kier alpha value is -1.49. The summed E-state index contributed by atoms with van der Waals surface area (Å²) in [6, 6.07) is 7.75. The van der Waals surface area contributed by atoms with Crippen LogP contribution in [0, 0.1) is 0 Å². The zero-order valence-electron chi connectivity index (χ0n) is 9.88. The van der Waals surface area contributed by atoms with Gasteiger partial charge in [-0.1, -0.05) is 25.1 Å². The number of thioether (sulfide) groups is 1. The number of hydrogen-bond donors (Lipinski definition) is 1. The summed E-state index contributed by atoms with van der Waals surface area (Å²) in [4.78, 5) is 5.42. The van der Waals surface area contributed by atoms with Crippen molar-refractivity contribution in [3.63, 3.8) is 0 Å². The van der Waals surface area contributed by atoms with Crippen LogP contribution < -0.4 is 5.73 Å². The molecule has 1 heterocycles. The molecule has 0 fully saturated rings. The van der Waals surface area contributed by atoms with E-state index >= 15 is 0 Å². The molecule has 2 aromatic rings. The van der Waals surface area contributed by atoms with Crippen LogP contribution in [0.15, 0.2) is 33.7 Å². The molecule has 0 atom stereocenters. The van der Waals surface area contributed by atoms with E-state index in [-0.39, 0.29) is 0 Å². The fourth-order valence-electron chi connectivity index (χ4n) is 1.31. The van der Waals surface area contributed by atoms with Gasteiger partial charge in [-0.2, -0.15) is 4.98 Å². The lowest BCUT2D eigenvalue weighted by molar-refractivity contribution is 0.383. The Bertz CT molecular complexity index is 496. The van der Waals surface area contributed by atoms with Crippen LogP contribution in [0.3, 0.4) is 0 Å². The quantitative estimate of drug-likeness (QED) is 0.666. The molecule has 5 heteroatoms. The number of anilines is 1. The zero-order chi connectivity index (χ0) is 12.3. The minimum atomic E-state index is 0.296. The fraction of sp³-hybridized carbons (Fsp3) is 0.333. The van der Waals surface area contributed by atoms with Gasteiger partial charge in [-0.25, -0.2) is 0 Å². The number of nitrogens with zero attached hydrogens (tertiary/aromatic N) is 2. The van der Waals surface area contributed by atoms with Crippen LogP contribution in [0.4, 0.5) is 5.69 Å².